The van der Waals surface area contributed by atoms with E-state index in [0.717, 1.165) is 4.31 Å². The predicted octanol–water partition coefficient (Wildman–Crippen LogP) is 1.38. The summed E-state index contributed by atoms with van der Waals surface area (Å²) in [6, 6.07) is 8.57. The molecule has 0 aromatic heterocycles. The van der Waals surface area contributed by atoms with Crippen LogP contribution in [0.2, 0.25) is 0 Å². The molecule has 5 rings (SSSR count). The number of hydrogen-bond acceptors (Lipinski definition) is 7. The minimum absolute atomic E-state index is 0.0252. The summed E-state index contributed by atoms with van der Waals surface area (Å²) in [4.78, 5) is 11.4. The molecule has 29 heavy (non-hydrogen) atoms. The Labute approximate surface area is 166 Å². The van der Waals surface area contributed by atoms with Gasteiger partial charge in [-0.2, -0.15) is 9.41 Å². The van der Waals surface area contributed by atoms with Crippen molar-refractivity contribution in [1.82, 2.24) is 9.73 Å². The molecule has 1 saturated heterocycles. The van der Waals surface area contributed by atoms with E-state index in [-0.39, 0.29) is 17.9 Å². The molecule has 3 aliphatic rings. The van der Waals surface area contributed by atoms with Crippen LogP contribution in [0.1, 0.15) is 35.8 Å². The lowest BCUT2D eigenvalue weighted by Crippen LogP contribution is -2.40. The Balaban J connectivity index is 1.61. The van der Waals surface area contributed by atoms with E-state index in [1.165, 1.54) is 18.2 Å². The zero-order chi connectivity index (χ0) is 20.3. The van der Waals surface area contributed by atoms with Gasteiger partial charge in [-0.25, -0.2) is 8.42 Å². The highest BCUT2D eigenvalue weighted by atomic mass is 32.2. The van der Waals surface area contributed by atoms with Gasteiger partial charge in [0, 0.05) is 17.7 Å². The van der Waals surface area contributed by atoms with Crippen LogP contribution in [0.25, 0.3) is 0 Å². The molecule has 10 heteroatoms. The standard InChI is InChI=1S/C19H17N3O6S/c23-18-11-3-1-5-15-16(11)17(20-21-18)12-9-10(6-7-14(12)28-15)29(26,27)22-8-2-4-13(22)19(24)25/h1,3,5-7,9,13,18,21,23H,2,4,8H2,(H,24,25)/t13-,18?/m0/s1. The first-order chi connectivity index (χ1) is 13.9. The van der Waals surface area contributed by atoms with E-state index in [9.17, 15) is 23.4 Å². The normalized spacial score (nSPS) is 22.7. The topological polar surface area (TPSA) is 129 Å². The largest absolute Gasteiger partial charge is 0.480 e. The van der Waals surface area contributed by atoms with Gasteiger partial charge in [-0.15, -0.1) is 0 Å². The summed E-state index contributed by atoms with van der Waals surface area (Å²) in [6.07, 6.45) is -0.213. The fourth-order valence-corrected chi connectivity index (χ4v) is 5.71. The van der Waals surface area contributed by atoms with Crippen LogP contribution < -0.4 is 10.2 Å². The first-order valence-electron chi connectivity index (χ1n) is 9.09. The number of aliphatic carboxylic acids is 1. The first-order valence-corrected chi connectivity index (χ1v) is 10.5. The average Bonchev–Trinajstić information content (AvgIpc) is 3.21. The van der Waals surface area contributed by atoms with E-state index in [0.29, 0.717) is 40.3 Å². The molecule has 3 N–H and O–H groups in total. The van der Waals surface area contributed by atoms with Gasteiger partial charge in [0.05, 0.1) is 10.5 Å². The summed E-state index contributed by atoms with van der Waals surface area (Å²) in [6.45, 7) is 0.161. The number of aliphatic hydroxyl groups excluding tert-OH is 1. The summed E-state index contributed by atoms with van der Waals surface area (Å²) >= 11 is 0. The lowest BCUT2D eigenvalue weighted by atomic mass is 9.92. The fourth-order valence-electron chi connectivity index (χ4n) is 4.03. The Bertz CT molecular complexity index is 1180. The van der Waals surface area contributed by atoms with Crippen LogP contribution >= 0.6 is 0 Å². The summed E-state index contributed by atoms with van der Waals surface area (Å²) < 4.78 is 33.2. The number of ether oxygens (including phenoxy) is 1. The highest BCUT2D eigenvalue weighted by Crippen LogP contribution is 2.42. The first kappa shape index (κ1) is 18.1. The highest BCUT2D eigenvalue weighted by molar-refractivity contribution is 7.89. The van der Waals surface area contributed by atoms with Crippen LogP contribution in [0.15, 0.2) is 46.4 Å². The molecule has 0 radical (unpaired) electrons. The number of hydrogen-bond donors (Lipinski definition) is 3. The summed E-state index contributed by atoms with van der Waals surface area (Å²) in [5.74, 6) is -0.196. The van der Waals surface area contributed by atoms with Crippen LogP contribution in [0.3, 0.4) is 0 Å². The molecular weight excluding hydrogens is 398 g/mol. The molecule has 0 saturated carbocycles. The fraction of sp³-hybridized carbons (Fsp3) is 0.263. The predicted molar refractivity (Wildman–Crippen MR) is 101 cm³/mol. The molecule has 9 nitrogen and oxygen atoms in total. The van der Waals surface area contributed by atoms with Crippen molar-refractivity contribution in [2.75, 3.05) is 6.54 Å². The molecule has 1 fully saturated rings. The molecule has 2 aromatic carbocycles. The number of nitrogens with one attached hydrogen (secondary N) is 1. The molecule has 0 spiro atoms. The van der Waals surface area contributed by atoms with Gasteiger partial charge in [0.15, 0.2) is 6.23 Å². The number of hydrazone groups is 1. The smallest absolute Gasteiger partial charge is 0.322 e. The number of nitrogens with zero attached hydrogens (tertiary/aromatic N) is 2. The molecule has 2 atom stereocenters. The second-order valence-corrected chi connectivity index (χ2v) is 8.98. The van der Waals surface area contributed by atoms with Gasteiger partial charge in [-0.3, -0.25) is 10.2 Å². The lowest BCUT2D eigenvalue weighted by Gasteiger charge is -2.29. The third kappa shape index (κ3) is 2.64. The molecule has 1 unspecified atom stereocenters. The van der Waals surface area contributed by atoms with Crippen LogP contribution in [-0.2, 0) is 14.8 Å². The highest BCUT2D eigenvalue weighted by Gasteiger charge is 2.40. The number of aliphatic hydroxyl groups is 1. The van der Waals surface area contributed by atoms with E-state index in [1.54, 1.807) is 18.2 Å². The van der Waals surface area contributed by atoms with Gasteiger partial charge < -0.3 is 14.9 Å². The molecule has 0 amide bonds. The number of rotatable bonds is 3. The lowest BCUT2D eigenvalue weighted by molar-refractivity contribution is -0.140. The molecular formula is C19H17N3O6S. The van der Waals surface area contributed by atoms with E-state index < -0.39 is 28.3 Å². The summed E-state index contributed by atoms with van der Waals surface area (Å²) in [7, 11) is -4.01. The minimum atomic E-state index is -4.01. The van der Waals surface area contributed by atoms with Crippen molar-refractivity contribution < 1.29 is 28.2 Å². The summed E-state index contributed by atoms with van der Waals surface area (Å²) in [5, 5.41) is 23.7. The maximum absolute atomic E-state index is 13.1. The zero-order valence-corrected chi connectivity index (χ0v) is 15.9. The van der Waals surface area contributed by atoms with Crippen LogP contribution in [0, 0.1) is 0 Å². The van der Waals surface area contributed by atoms with Gasteiger partial charge in [0.1, 0.15) is 23.3 Å². The van der Waals surface area contributed by atoms with Crippen LogP contribution in [0.5, 0.6) is 11.5 Å². The number of sulfonamides is 1. The Kier molecular flexibility index (Phi) is 3.92. The Hall–Kier alpha value is -2.95. The molecule has 3 heterocycles. The third-order valence-corrected chi connectivity index (χ3v) is 7.31. The van der Waals surface area contributed by atoms with Crippen molar-refractivity contribution in [3.63, 3.8) is 0 Å². The third-order valence-electron chi connectivity index (χ3n) is 5.41. The molecule has 0 aliphatic carbocycles. The van der Waals surface area contributed by atoms with Crippen LogP contribution in [0.4, 0.5) is 0 Å². The van der Waals surface area contributed by atoms with Gasteiger partial charge in [-0.05, 0) is 37.1 Å². The minimum Gasteiger partial charge on any atom is -0.480 e. The number of benzene rings is 2. The van der Waals surface area contributed by atoms with Gasteiger partial charge in [0.2, 0.25) is 10.0 Å². The monoisotopic (exact) mass is 415 g/mol. The SMILES string of the molecule is O=C(O)[C@@H]1CCCN1S(=O)(=O)c1ccc2c(c1)C1=NNC(O)c3cccc(c31)O2. The molecule has 150 valence electrons. The van der Waals surface area contributed by atoms with Crippen LogP contribution in [-0.4, -0.2) is 47.2 Å². The molecule has 2 aromatic rings. The van der Waals surface area contributed by atoms with E-state index in [4.69, 9.17) is 4.74 Å². The van der Waals surface area contributed by atoms with E-state index in [2.05, 4.69) is 10.5 Å². The Morgan fingerprint density at radius 3 is 2.86 bits per heavy atom. The average molecular weight is 415 g/mol. The maximum atomic E-state index is 13.1. The van der Waals surface area contributed by atoms with Gasteiger partial charge in [-0.1, -0.05) is 12.1 Å². The van der Waals surface area contributed by atoms with Crippen molar-refractivity contribution in [2.45, 2.75) is 30.0 Å². The summed E-state index contributed by atoms with van der Waals surface area (Å²) in [5.41, 5.74) is 4.73. The van der Waals surface area contributed by atoms with Crippen molar-refractivity contribution in [3.8, 4) is 11.5 Å². The molecule has 3 aliphatic heterocycles. The zero-order valence-electron chi connectivity index (χ0n) is 15.1. The number of carboxylic acids is 1. The second-order valence-electron chi connectivity index (χ2n) is 7.08. The van der Waals surface area contributed by atoms with Crippen molar-refractivity contribution in [3.05, 3.63) is 53.1 Å². The Morgan fingerprint density at radius 2 is 2.07 bits per heavy atom. The van der Waals surface area contributed by atoms with Crippen molar-refractivity contribution in [2.24, 2.45) is 5.10 Å². The van der Waals surface area contributed by atoms with E-state index >= 15 is 0 Å². The number of carbonyl (C=O) groups is 1. The van der Waals surface area contributed by atoms with E-state index in [1.807, 2.05) is 0 Å². The Morgan fingerprint density at radius 1 is 1.24 bits per heavy atom. The number of fused-ring (bicyclic) bond motifs is 2. The second kappa shape index (κ2) is 6.28. The van der Waals surface area contributed by atoms with Gasteiger partial charge >= 0.3 is 5.97 Å². The van der Waals surface area contributed by atoms with Crippen molar-refractivity contribution in [1.29, 1.82) is 0 Å². The van der Waals surface area contributed by atoms with Crippen molar-refractivity contribution >= 4 is 21.7 Å². The quantitative estimate of drug-likeness (QED) is 0.589. The number of carboxylic acid groups (broad SMARTS) is 1. The maximum Gasteiger partial charge on any atom is 0.322 e. The van der Waals surface area contributed by atoms with Gasteiger partial charge in [0.25, 0.3) is 0 Å². The molecule has 0 bridgehead atoms.